The van der Waals surface area contributed by atoms with Crippen molar-refractivity contribution in [3.8, 4) is 0 Å². The van der Waals surface area contributed by atoms with Crippen LogP contribution in [0.25, 0.3) is 0 Å². The molecule has 0 saturated heterocycles. The molecule has 1 aliphatic rings. The maximum absolute atomic E-state index is 12.5. The highest BCUT2D eigenvalue weighted by molar-refractivity contribution is 8.27. The van der Waals surface area contributed by atoms with Crippen LogP contribution in [0.15, 0.2) is 38.8 Å². The molecule has 2 heterocycles. The summed E-state index contributed by atoms with van der Waals surface area (Å²) in [5.41, 5.74) is 0.792. The number of aromatic nitrogens is 1. The van der Waals surface area contributed by atoms with Crippen LogP contribution in [-0.4, -0.2) is 23.0 Å². The SMILES string of the molecule is Cc1cccc(NC(=O)C(C(=O)OC(C)C)=C2SC=CS2)n1. The second kappa shape index (κ2) is 7.51. The number of hydrogen-bond acceptors (Lipinski definition) is 6. The Hall–Kier alpha value is -1.73. The lowest BCUT2D eigenvalue weighted by atomic mass is 10.2. The first-order valence-electron chi connectivity index (χ1n) is 6.66. The molecule has 7 heteroatoms. The lowest BCUT2D eigenvalue weighted by molar-refractivity contribution is -0.143. The number of carbonyl (C=O) groups excluding carboxylic acids is 2. The highest BCUT2D eigenvalue weighted by Crippen LogP contribution is 2.40. The molecule has 0 fully saturated rings. The number of aryl methyl sites for hydroxylation is 1. The van der Waals surface area contributed by atoms with E-state index in [0.29, 0.717) is 10.1 Å². The van der Waals surface area contributed by atoms with Crippen molar-refractivity contribution in [3.63, 3.8) is 0 Å². The van der Waals surface area contributed by atoms with Gasteiger partial charge in [0.2, 0.25) is 0 Å². The summed E-state index contributed by atoms with van der Waals surface area (Å²) in [6, 6.07) is 5.29. The van der Waals surface area contributed by atoms with Crippen LogP contribution >= 0.6 is 23.5 Å². The van der Waals surface area contributed by atoms with Gasteiger partial charge in [-0.15, -0.1) is 0 Å². The van der Waals surface area contributed by atoms with E-state index in [-0.39, 0.29) is 11.7 Å². The average Bonchev–Trinajstić information content (AvgIpc) is 2.91. The molecule has 2 rings (SSSR count). The number of nitrogens with zero attached hydrogens (tertiary/aromatic N) is 1. The fraction of sp³-hybridized carbons (Fsp3) is 0.267. The average molecular weight is 336 g/mol. The largest absolute Gasteiger partial charge is 0.459 e. The number of carbonyl (C=O) groups is 2. The summed E-state index contributed by atoms with van der Waals surface area (Å²) in [5, 5.41) is 6.29. The van der Waals surface area contributed by atoms with E-state index in [2.05, 4.69) is 10.3 Å². The van der Waals surface area contributed by atoms with Gasteiger partial charge in [0, 0.05) is 5.69 Å². The third-order valence-corrected chi connectivity index (χ3v) is 4.64. The van der Waals surface area contributed by atoms with Crippen LogP contribution in [0.1, 0.15) is 19.5 Å². The molecule has 0 aromatic carbocycles. The molecule has 1 N–H and O–H groups in total. The van der Waals surface area contributed by atoms with Gasteiger partial charge in [0.15, 0.2) is 0 Å². The van der Waals surface area contributed by atoms with Crippen LogP contribution in [0.5, 0.6) is 0 Å². The van der Waals surface area contributed by atoms with Crippen molar-refractivity contribution in [2.24, 2.45) is 0 Å². The maximum Gasteiger partial charge on any atom is 0.345 e. The quantitative estimate of drug-likeness (QED) is 0.393. The molecule has 0 bridgehead atoms. The lowest BCUT2D eigenvalue weighted by Gasteiger charge is -2.13. The van der Waals surface area contributed by atoms with E-state index >= 15 is 0 Å². The molecule has 0 unspecified atom stereocenters. The van der Waals surface area contributed by atoms with Crippen LogP contribution in [0.4, 0.5) is 5.82 Å². The Kier molecular flexibility index (Phi) is 5.68. The third kappa shape index (κ3) is 4.38. The first-order chi connectivity index (χ1) is 10.5. The Bertz CT molecular complexity index is 644. The van der Waals surface area contributed by atoms with Crippen LogP contribution in [0.2, 0.25) is 0 Å². The fourth-order valence-corrected chi connectivity index (χ4v) is 3.49. The maximum atomic E-state index is 12.5. The lowest BCUT2D eigenvalue weighted by Crippen LogP contribution is -2.25. The molecule has 0 radical (unpaired) electrons. The minimum atomic E-state index is -0.626. The smallest absolute Gasteiger partial charge is 0.345 e. The number of rotatable bonds is 4. The van der Waals surface area contributed by atoms with Gasteiger partial charge in [-0.25, -0.2) is 9.78 Å². The van der Waals surface area contributed by atoms with Crippen molar-refractivity contribution < 1.29 is 14.3 Å². The van der Waals surface area contributed by atoms with Crippen molar-refractivity contribution in [1.29, 1.82) is 0 Å². The molecule has 1 aliphatic heterocycles. The predicted octanol–water partition coefficient (Wildman–Crippen LogP) is 3.44. The van der Waals surface area contributed by atoms with Gasteiger partial charge in [-0.1, -0.05) is 29.6 Å². The van der Waals surface area contributed by atoms with Crippen molar-refractivity contribution in [2.75, 3.05) is 5.32 Å². The minimum absolute atomic E-state index is 0.0111. The van der Waals surface area contributed by atoms with Gasteiger partial charge in [0.1, 0.15) is 11.4 Å². The van der Waals surface area contributed by atoms with Crippen LogP contribution in [-0.2, 0) is 14.3 Å². The number of ether oxygens (including phenoxy) is 1. The Morgan fingerprint density at radius 1 is 1.23 bits per heavy atom. The number of esters is 1. The highest BCUT2D eigenvalue weighted by Gasteiger charge is 2.27. The highest BCUT2D eigenvalue weighted by atomic mass is 32.2. The summed E-state index contributed by atoms with van der Waals surface area (Å²) in [4.78, 5) is 28.9. The van der Waals surface area contributed by atoms with Gasteiger partial charge in [-0.2, -0.15) is 0 Å². The first-order valence-corrected chi connectivity index (χ1v) is 8.42. The van der Waals surface area contributed by atoms with Gasteiger partial charge >= 0.3 is 5.97 Å². The van der Waals surface area contributed by atoms with E-state index in [1.165, 1.54) is 23.5 Å². The van der Waals surface area contributed by atoms with Crippen LogP contribution in [0, 0.1) is 6.92 Å². The van der Waals surface area contributed by atoms with Crippen LogP contribution < -0.4 is 5.32 Å². The number of amides is 1. The van der Waals surface area contributed by atoms with Gasteiger partial charge in [0.25, 0.3) is 5.91 Å². The molecule has 0 spiro atoms. The standard InChI is InChI=1S/C15H16N2O3S2/c1-9(2)20-14(19)12(15-21-7-8-22-15)13(18)17-11-6-4-5-10(3)16-11/h4-9H,1-3H3,(H,16,17,18). The second-order valence-corrected chi connectivity index (χ2v) is 6.83. The monoisotopic (exact) mass is 336 g/mol. The molecular weight excluding hydrogens is 320 g/mol. The van der Waals surface area contributed by atoms with Gasteiger partial charge in [-0.05, 0) is 43.7 Å². The van der Waals surface area contributed by atoms with Crippen molar-refractivity contribution in [2.45, 2.75) is 26.9 Å². The number of thioether (sulfide) groups is 2. The number of nitrogens with one attached hydrogen (secondary N) is 1. The van der Waals surface area contributed by atoms with Crippen molar-refractivity contribution in [1.82, 2.24) is 4.98 Å². The zero-order valence-corrected chi connectivity index (χ0v) is 14.1. The Balaban J connectivity index is 2.23. The summed E-state index contributed by atoms with van der Waals surface area (Å²) in [6.45, 7) is 5.31. The topological polar surface area (TPSA) is 68.3 Å². The Morgan fingerprint density at radius 3 is 2.50 bits per heavy atom. The molecular formula is C15H16N2O3S2. The van der Waals surface area contributed by atoms with Gasteiger partial charge < -0.3 is 10.1 Å². The molecule has 0 atom stereocenters. The summed E-state index contributed by atoms with van der Waals surface area (Å²) in [5.74, 6) is -0.734. The Morgan fingerprint density at radius 2 is 1.91 bits per heavy atom. The van der Waals surface area contributed by atoms with Gasteiger partial charge in [-0.3, -0.25) is 4.79 Å². The summed E-state index contributed by atoms with van der Waals surface area (Å²) < 4.78 is 5.78. The van der Waals surface area contributed by atoms with E-state index in [9.17, 15) is 9.59 Å². The molecule has 116 valence electrons. The Labute approximate surface area is 137 Å². The molecule has 1 aromatic heterocycles. The normalized spacial score (nSPS) is 13.4. The molecule has 1 aromatic rings. The van der Waals surface area contributed by atoms with Crippen molar-refractivity contribution in [3.05, 3.63) is 44.5 Å². The predicted molar refractivity (Wildman–Crippen MR) is 90.2 cm³/mol. The number of pyridine rings is 1. The second-order valence-electron chi connectivity index (χ2n) is 4.74. The zero-order valence-electron chi connectivity index (χ0n) is 12.5. The number of hydrogen-bond donors (Lipinski definition) is 1. The first kappa shape index (κ1) is 16.6. The van der Waals surface area contributed by atoms with E-state index in [4.69, 9.17) is 4.74 Å². The van der Waals surface area contributed by atoms with E-state index in [0.717, 1.165) is 5.69 Å². The van der Waals surface area contributed by atoms with E-state index < -0.39 is 11.9 Å². The number of anilines is 1. The van der Waals surface area contributed by atoms with E-state index in [1.54, 1.807) is 26.0 Å². The van der Waals surface area contributed by atoms with E-state index in [1.807, 2.05) is 23.8 Å². The molecule has 22 heavy (non-hydrogen) atoms. The third-order valence-electron chi connectivity index (χ3n) is 2.51. The zero-order chi connectivity index (χ0) is 16.1. The summed E-state index contributed by atoms with van der Waals surface area (Å²) >= 11 is 2.66. The summed E-state index contributed by atoms with van der Waals surface area (Å²) in [7, 11) is 0. The fourth-order valence-electron chi connectivity index (χ4n) is 1.66. The molecule has 0 saturated carbocycles. The minimum Gasteiger partial charge on any atom is -0.459 e. The summed E-state index contributed by atoms with van der Waals surface area (Å²) in [6.07, 6.45) is -0.294. The molecule has 1 amide bonds. The molecule has 5 nitrogen and oxygen atoms in total. The van der Waals surface area contributed by atoms with Crippen molar-refractivity contribution >= 4 is 41.2 Å². The van der Waals surface area contributed by atoms with Crippen LogP contribution in [0.3, 0.4) is 0 Å². The molecule has 0 aliphatic carbocycles. The van der Waals surface area contributed by atoms with Gasteiger partial charge in [0.05, 0.1) is 10.3 Å².